The highest BCUT2D eigenvalue weighted by atomic mass is 32.2. The summed E-state index contributed by atoms with van der Waals surface area (Å²) in [5.41, 5.74) is -0.709. The maximum atomic E-state index is 11.5. The number of rotatable bonds is 8. The molecule has 6 heteroatoms. The van der Waals surface area contributed by atoms with Crippen LogP contribution in [0.5, 0.6) is 0 Å². The second kappa shape index (κ2) is 7.91. The van der Waals surface area contributed by atoms with Crippen molar-refractivity contribution in [3.8, 4) is 0 Å². The van der Waals surface area contributed by atoms with E-state index in [0.717, 1.165) is 19.1 Å². The summed E-state index contributed by atoms with van der Waals surface area (Å²) < 4.78 is 0. The van der Waals surface area contributed by atoms with Gasteiger partial charge in [-0.1, -0.05) is 30.3 Å². The van der Waals surface area contributed by atoms with Crippen LogP contribution in [-0.4, -0.2) is 45.7 Å². The number of hydrogen-bond acceptors (Lipinski definition) is 4. The van der Waals surface area contributed by atoms with E-state index in [4.69, 9.17) is 5.11 Å². The lowest BCUT2D eigenvalue weighted by Gasteiger charge is -2.18. The minimum Gasteiger partial charge on any atom is -0.479 e. The molecule has 110 valence electrons. The quantitative estimate of drug-likeness (QED) is 0.621. The van der Waals surface area contributed by atoms with Crippen LogP contribution in [0.3, 0.4) is 0 Å². The van der Waals surface area contributed by atoms with Gasteiger partial charge in [-0.25, -0.2) is 4.79 Å². The number of amides is 1. The minimum atomic E-state index is -1.93. The zero-order chi connectivity index (χ0) is 15.0. The topological polar surface area (TPSA) is 86.6 Å². The Morgan fingerprint density at radius 3 is 2.55 bits per heavy atom. The predicted octanol–water partition coefficient (Wildman–Crippen LogP) is 0.914. The molecule has 0 saturated carbocycles. The van der Waals surface area contributed by atoms with Crippen molar-refractivity contribution in [2.24, 2.45) is 0 Å². The van der Waals surface area contributed by atoms with E-state index in [9.17, 15) is 14.7 Å². The van der Waals surface area contributed by atoms with Crippen LogP contribution in [0.1, 0.15) is 12.5 Å². The molecule has 20 heavy (non-hydrogen) atoms. The van der Waals surface area contributed by atoms with Crippen molar-refractivity contribution in [2.75, 3.05) is 18.1 Å². The van der Waals surface area contributed by atoms with E-state index < -0.39 is 11.6 Å². The van der Waals surface area contributed by atoms with Gasteiger partial charge in [0.25, 0.3) is 0 Å². The van der Waals surface area contributed by atoms with E-state index in [1.54, 1.807) is 0 Å². The van der Waals surface area contributed by atoms with Crippen LogP contribution in [0.25, 0.3) is 0 Å². The average Bonchev–Trinajstić information content (AvgIpc) is 2.42. The molecule has 1 aromatic carbocycles. The molecule has 1 amide bonds. The van der Waals surface area contributed by atoms with Gasteiger partial charge in [-0.15, -0.1) is 0 Å². The molecule has 0 aromatic heterocycles. The second-order valence-electron chi connectivity index (χ2n) is 4.64. The molecule has 0 saturated heterocycles. The SMILES string of the molecule is CC(O)(CNC(=O)CSCCc1ccccc1)C(=O)O. The molecule has 0 fully saturated rings. The van der Waals surface area contributed by atoms with Gasteiger partial charge >= 0.3 is 5.97 Å². The van der Waals surface area contributed by atoms with Crippen molar-refractivity contribution >= 4 is 23.6 Å². The van der Waals surface area contributed by atoms with E-state index >= 15 is 0 Å². The Morgan fingerprint density at radius 2 is 1.95 bits per heavy atom. The summed E-state index contributed by atoms with van der Waals surface area (Å²) >= 11 is 1.47. The molecule has 0 bridgehead atoms. The fraction of sp³-hybridized carbons (Fsp3) is 0.429. The second-order valence-corrected chi connectivity index (χ2v) is 5.75. The summed E-state index contributed by atoms with van der Waals surface area (Å²) in [6.45, 7) is 0.860. The third kappa shape index (κ3) is 6.08. The van der Waals surface area contributed by atoms with Crippen LogP contribution in [-0.2, 0) is 16.0 Å². The predicted molar refractivity (Wildman–Crippen MR) is 78.7 cm³/mol. The molecule has 3 N–H and O–H groups in total. The van der Waals surface area contributed by atoms with Gasteiger partial charge in [0.05, 0.1) is 12.3 Å². The van der Waals surface area contributed by atoms with Crippen LogP contribution in [0.4, 0.5) is 0 Å². The Labute approximate surface area is 122 Å². The molecule has 5 nitrogen and oxygen atoms in total. The van der Waals surface area contributed by atoms with E-state index in [2.05, 4.69) is 5.32 Å². The van der Waals surface area contributed by atoms with E-state index in [-0.39, 0.29) is 18.2 Å². The van der Waals surface area contributed by atoms with Gasteiger partial charge in [-0.2, -0.15) is 11.8 Å². The first-order valence-corrected chi connectivity index (χ1v) is 7.41. The van der Waals surface area contributed by atoms with Crippen molar-refractivity contribution in [1.29, 1.82) is 0 Å². The lowest BCUT2D eigenvalue weighted by Crippen LogP contribution is -2.47. The van der Waals surface area contributed by atoms with Gasteiger partial charge < -0.3 is 15.5 Å². The first-order chi connectivity index (χ1) is 9.42. The number of carboxylic acid groups (broad SMARTS) is 1. The number of aliphatic hydroxyl groups is 1. The Kier molecular flexibility index (Phi) is 6.54. The molecular formula is C14H19NO4S. The van der Waals surface area contributed by atoms with Crippen molar-refractivity contribution in [1.82, 2.24) is 5.32 Å². The zero-order valence-corrected chi connectivity index (χ0v) is 12.2. The van der Waals surface area contributed by atoms with Crippen molar-refractivity contribution in [3.05, 3.63) is 35.9 Å². The standard InChI is InChI=1S/C14H19NO4S/c1-14(19,13(17)18)10-15-12(16)9-20-8-7-11-5-3-2-4-6-11/h2-6,19H,7-10H2,1H3,(H,15,16)(H,17,18). The van der Waals surface area contributed by atoms with Gasteiger partial charge in [0.2, 0.25) is 5.91 Å². The molecule has 0 aliphatic rings. The lowest BCUT2D eigenvalue weighted by molar-refractivity contribution is -0.156. The van der Waals surface area contributed by atoms with Gasteiger partial charge in [0.15, 0.2) is 5.60 Å². The summed E-state index contributed by atoms with van der Waals surface area (Å²) in [7, 11) is 0. The van der Waals surface area contributed by atoms with Crippen LogP contribution < -0.4 is 5.32 Å². The normalized spacial score (nSPS) is 13.5. The largest absolute Gasteiger partial charge is 0.479 e. The molecule has 0 aliphatic carbocycles. The van der Waals surface area contributed by atoms with Crippen molar-refractivity contribution in [3.63, 3.8) is 0 Å². The van der Waals surface area contributed by atoms with Crippen LogP contribution in [0.15, 0.2) is 30.3 Å². The molecule has 1 rings (SSSR count). The highest BCUT2D eigenvalue weighted by molar-refractivity contribution is 7.99. The Morgan fingerprint density at radius 1 is 1.30 bits per heavy atom. The lowest BCUT2D eigenvalue weighted by atomic mass is 10.1. The number of thioether (sulfide) groups is 1. The van der Waals surface area contributed by atoms with Gasteiger partial charge in [0.1, 0.15) is 0 Å². The number of carbonyl (C=O) groups is 2. The smallest absolute Gasteiger partial charge is 0.337 e. The number of carbonyl (C=O) groups excluding carboxylic acids is 1. The highest BCUT2D eigenvalue weighted by Crippen LogP contribution is 2.07. The van der Waals surface area contributed by atoms with E-state index in [1.165, 1.54) is 17.3 Å². The summed E-state index contributed by atoms with van der Waals surface area (Å²) in [6, 6.07) is 9.97. The molecular weight excluding hydrogens is 278 g/mol. The van der Waals surface area contributed by atoms with Gasteiger partial charge in [-0.05, 0) is 24.7 Å². The number of nitrogens with one attached hydrogen (secondary N) is 1. The fourth-order valence-corrected chi connectivity index (χ4v) is 2.21. The molecule has 0 aliphatic heterocycles. The van der Waals surface area contributed by atoms with Crippen molar-refractivity contribution in [2.45, 2.75) is 18.9 Å². The summed E-state index contributed by atoms with van der Waals surface area (Å²) in [5.74, 6) is -0.561. The summed E-state index contributed by atoms with van der Waals surface area (Å²) in [4.78, 5) is 22.1. The molecule has 0 radical (unpaired) electrons. The zero-order valence-electron chi connectivity index (χ0n) is 11.3. The van der Waals surface area contributed by atoms with Crippen molar-refractivity contribution < 1.29 is 19.8 Å². The number of aryl methyl sites for hydroxylation is 1. The number of aliphatic carboxylic acids is 1. The Bertz CT molecular complexity index is 448. The monoisotopic (exact) mass is 297 g/mol. The first kappa shape index (κ1) is 16.5. The molecule has 0 heterocycles. The number of hydrogen-bond donors (Lipinski definition) is 3. The van der Waals surface area contributed by atoms with Gasteiger partial charge in [-0.3, -0.25) is 4.79 Å². The summed E-state index contributed by atoms with van der Waals surface area (Å²) in [5, 5.41) is 20.5. The van der Waals surface area contributed by atoms with Crippen LogP contribution in [0, 0.1) is 0 Å². The highest BCUT2D eigenvalue weighted by Gasteiger charge is 2.30. The number of carboxylic acids is 1. The third-order valence-electron chi connectivity index (χ3n) is 2.70. The minimum absolute atomic E-state index is 0.253. The molecule has 1 aromatic rings. The molecule has 0 spiro atoms. The van der Waals surface area contributed by atoms with E-state index in [1.807, 2.05) is 30.3 Å². The summed E-state index contributed by atoms with van der Waals surface area (Å²) in [6.07, 6.45) is 0.881. The molecule has 1 unspecified atom stereocenters. The average molecular weight is 297 g/mol. The third-order valence-corrected chi connectivity index (χ3v) is 3.66. The Hall–Kier alpha value is -1.53. The fourth-order valence-electron chi connectivity index (χ4n) is 1.40. The maximum Gasteiger partial charge on any atom is 0.337 e. The first-order valence-electron chi connectivity index (χ1n) is 6.26. The van der Waals surface area contributed by atoms with E-state index in [0.29, 0.717) is 0 Å². The van der Waals surface area contributed by atoms with Crippen LogP contribution in [0.2, 0.25) is 0 Å². The molecule has 1 atom stereocenters. The van der Waals surface area contributed by atoms with Crippen LogP contribution >= 0.6 is 11.8 Å². The Balaban J connectivity index is 2.16. The number of benzene rings is 1. The van der Waals surface area contributed by atoms with Gasteiger partial charge in [0, 0.05) is 0 Å². The maximum absolute atomic E-state index is 11.5.